The van der Waals surface area contributed by atoms with Gasteiger partial charge in [-0.1, -0.05) is 32.4 Å². The monoisotopic (exact) mass is 682 g/mol. The molecule has 6 rings (SSSR count). The van der Waals surface area contributed by atoms with E-state index in [1.807, 2.05) is 6.92 Å². The van der Waals surface area contributed by atoms with Crippen LogP contribution in [0.1, 0.15) is 84.1 Å². The van der Waals surface area contributed by atoms with Gasteiger partial charge >= 0.3 is 18.0 Å². The van der Waals surface area contributed by atoms with Crippen LogP contribution < -0.4 is 16.2 Å². The number of hydrogen-bond donors (Lipinski definition) is 4. The highest BCUT2D eigenvalue weighted by atomic mass is 16.6. The molecule has 50 heavy (non-hydrogen) atoms. The Kier molecular flexibility index (Phi) is 9.58. The number of fused-ring (bicyclic) bond motifs is 5. The Morgan fingerprint density at radius 1 is 1.00 bits per heavy atom. The molecular weight excluding hydrogens is 644 g/mol. The molecule has 2 aromatic carbocycles. The SMILES string of the molecule is CCc1c2c(nc3ccc(O)cc13)-c1cc3c(c(=O)n1C2)COC(=O)[C@@]3(CC)OC(=O)NCCCCCC(=O)NCc1ccc(C(=O)O)cc1. The van der Waals surface area contributed by atoms with Crippen molar-refractivity contribution in [3.8, 4) is 17.1 Å². The van der Waals surface area contributed by atoms with Crippen LogP contribution in [0.4, 0.5) is 4.79 Å². The number of rotatable bonds is 12. The molecule has 0 unspecified atom stereocenters. The maximum absolute atomic E-state index is 13.9. The summed E-state index contributed by atoms with van der Waals surface area (Å²) in [6.07, 6.45) is 1.93. The number of phenols is 1. The van der Waals surface area contributed by atoms with Crippen LogP contribution in [0, 0.1) is 0 Å². The van der Waals surface area contributed by atoms with Crippen molar-refractivity contribution in [3.63, 3.8) is 0 Å². The van der Waals surface area contributed by atoms with Crippen molar-refractivity contribution in [2.75, 3.05) is 6.54 Å². The van der Waals surface area contributed by atoms with Crippen LogP contribution in [0.25, 0.3) is 22.3 Å². The van der Waals surface area contributed by atoms with Crippen molar-refractivity contribution < 1.29 is 38.9 Å². The molecule has 13 heteroatoms. The highest BCUT2D eigenvalue weighted by molar-refractivity contribution is 5.90. The van der Waals surface area contributed by atoms with Crippen LogP contribution in [0.5, 0.6) is 5.75 Å². The fraction of sp³-hybridized carbons (Fsp3) is 0.351. The number of hydrogen-bond acceptors (Lipinski definition) is 9. The molecule has 4 heterocycles. The summed E-state index contributed by atoms with van der Waals surface area (Å²) in [5.74, 6) is -1.79. The van der Waals surface area contributed by atoms with Gasteiger partial charge in [0.25, 0.3) is 5.56 Å². The van der Waals surface area contributed by atoms with Crippen molar-refractivity contribution in [1.29, 1.82) is 0 Å². The van der Waals surface area contributed by atoms with Gasteiger partial charge in [0.15, 0.2) is 0 Å². The average molecular weight is 683 g/mol. The molecule has 0 spiro atoms. The summed E-state index contributed by atoms with van der Waals surface area (Å²) in [4.78, 5) is 68.4. The van der Waals surface area contributed by atoms with Crippen LogP contribution in [0.15, 0.2) is 53.3 Å². The van der Waals surface area contributed by atoms with Crippen LogP contribution in [0.3, 0.4) is 0 Å². The number of esters is 1. The fourth-order valence-electron chi connectivity index (χ4n) is 6.74. The molecule has 2 amide bonds. The predicted octanol–water partition coefficient (Wildman–Crippen LogP) is 4.66. The van der Waals surface area contributed by atoms with Crippen LogP contribution in [-0.4, -0.2) is 50.2 Å². The molecule has 0 radical (unpaired) electrons. The lowest BCUT2D eigenvalue weighted by Gasteiger charge is -2.35. The number of nitrogens with one attached hydrogen (secondary N) is 2. The lowest BCUT2D eigenvalue weighted by Crippen LogP contribution is -2.49. The van der Waals surface area contributed by atoms with Gasteiger partial charge < -0.3 is 34.9 Å². The number of aromatic carboxylic acids is 1. The molecule has 0 saturated heterocycles. The highest BCUT2D eigenvalue weighted by Gasteiger charge is 2.50. The lowest BCUT2D eigenvalue weighted by atomic mass is 9.85. The van der Waals surface area contributed by atoms with E-state index < -0.39 is 23.6 Å². The van der Waals surface area contributed by atoms with Gasteiger partial charge in [0, 0.05) is 36.0 Å². The van der Waals surface area contributed by atoms with Gasteiger partial charge in [-0.2, -0.15) is 0 Å². The number of carboxylic acids is 1. The zero-order chi connectivity index (χ0) is 35.6. The van der Waals surface area contributed by atoms with E-state index in [2.05, 4.69) is 10.6 Å². The smallest absolute Gasteiger partial charge is 0.408 e. The normalized spacial score (nSPS) is 15.8. The Morgan fingerprint density at radius 3 is 2.50 bits per heavy atom. The van der Waals surface area contributed by atoms with E-state index in [0.717, 1.165) is 22.1 Å². The Hall–Kier alpha value is -5.72. The zero-order valence-electron chi connectivity index (χ0n) is 27.8. The van der Waals surface area contributed by atoms with Crippen molar-refractivity contribution in [3.05, 3.63) is 92.3 Å². The summed E-state index contributed by atoms with van der Waals surface area (Å²) in [5, 5.41) is 25.4. The van der Waals surface area contributed by atoms with Crippen LogP contribution in [0.2, 0.25) is 0 Å². The molecule has 13 nitrogen and oxygen atoms in total. The van der Waals surface area contributed by atoms with E-state index in [4.69, 9.17) is 19.6 Å². The van der Waals surface area contributed by atoms with Gasteiger partial charge in [-0.05, 0) is 73.2 Å². The van der Waals surface area contributed by atoms with E-state index in [1.54, 1.807) is 47.9 Å². The van der Waals surface area contributed by atoms with E-state index in [-0.39, 0.29) is 73.0 Å². The van der Waals surface area contributed by atoms with Gasteiger partial charge in [0.1, 0.15) is 12.4 Å². The fourth-order valence-corrected chi connectivity index (χ4v) is 6.74. The van der Waals surface area contributed by atoms with E-state index in [1.165, 1.54) is 12.1 Å². The number of phenolic OH excluding ortho intramolecular Hbond substituents is 1. The van der Waals surface area contributed by atoms with Crippen molar-refractivity contribution in [2.45, 2.75) is 77.7 Å². The molecule has 2 aliphatic heterocycles. The number of amides is 2. The van der Waals surface area contributed by atoms with E-state index in [9.17, 15) is 29.1 Å². The van der Waals surface area contributed by atoms with E-state index in [0.29, 0.717) is 42.6 Å². The number of unbranched alkanes of at least 4 members (excludes halogenated alkanes) is 2. The minimum Gasteiger partial charge on any atom is -0.508 e. The number of carboxylic acid groups (broad SMARTS) is 1. The van der Waals surface area contributed by atoms with Crippen molar-refractivity contribution in [2.24, 2.45) is 0 Å². The number of alkyl carbamates (subject to hydrolysis) is 1. The summed E-state index contributed by atoms with van der Waals surface area (Å²) < 4.78 is 12.9. The summed E-state index contributed by atoms with van der Waals surface area (Å²) in [6, 6.07) is 13.0. The first-order valence-electron chi connectivity index (χ1n) is 16.7. The zero-order valence-corrected chi connectivity index (χ0v) is 27.8. The largest absolute Gasteiger partial charge is 0.508 e. The van der Waals surface area contributed by atoms with Gasteiger partial charge in [0.05, 0.1) is 34.6 Å². The number of nitrogens with zero attached hydrogens (tertiary/aromatic N) is 2. The summed E-state index contributed by atoms with van der Waals surface area (Å²) >= 11 is 0. The van der Waals surface area contributed by atoms with Crippen LogP contribution in [-0.2, 0) is 50.8 Å². The highest BCUT2D eigenvalue weighted by Crippen LogP contribution is 2.42. The number of aromatic hydroxyl groups is 1. The molecule has 0 bridgehead atoms. The molecule has 0 aliphatic carbocycles. The quantitative estimate of drug-likeness (QED) is 0.107. The summed E-state index contributed by atoms with van der Waals surface area (Å²) in [6.45, 7) is 4.25. The summed E-state index contributed by atoms with van der Waals surface area (Å²) in [5.41, 5.74) is 2.93. The first kappa shape index (κ1) is 34.2. The standard InChI is InChI=1S/C37H38N4O9/c1-3-24-25-16-23(42)13-14-29(25)40-32-26(24)19-41-30(32)17-28-27(33(41)44)20-49-35(47)37(28,4-2)50-36(48)38-15-7-5-6-8-31(43)39-18-21-9-11-22(12-10-21)34(45)46/h9-14,16-17,42H,3-8,15,18-20H2,1-2H3,(H,38,48)(H,39,43)(H,45,46)/t37-/m0/s1. The third kappa shape index (κ3) is 6.38. The molecule has 260 valence electrons. The second kappa shape index (κ2) is 14.0. The number of cyclic esters (lactones) is 1. The van der Waals surface area contributed by atoms with Crippen molar-refractivity contribution >= 4 is 34.8 Å². The second-order valence-corrected chi connectivity index (χ2v) is 12.4. The van der Waals surface area contributed by atoms with Crippen LogP contribution >= 0.6 is 0 Å². The molecule has 1 atom stereocenters. The number of carbonyl (C=O) groups excluding carboxylic acids is 3. The van der Waals surface area contributed by atoms with E-state index >= 15 is 0 Å². The Morgan fingerprint density at radius 2 is 1.78 bits per heavy atom. The topological polar surface area (TPSA) is 186 Å². The number of aromatic nitrogens is 2. The molecule has 2 aromatic heterocycles. The Bertz CT molecular complexity index is 2070. The molecular formula is C37H38N4O9. The Labute approximate surface area is 287 Å². The number of pyridine rings is 2. The molecule has 4 aromatic rings. The summed E-state index contributed by atoms with van der Waals surface area (Å²) in [7, 11) is 0. The lowest BCUT2D eigenvalue weighted by molar-refractivity contribution is -0.172. The third-order valence-electron chi connectivity index (χ3n) is 9.42. The minimum absolute atomic E-state index is 0.0332. The first-order chi connectivity index (χ1) is 24.1. The number of carbonyl (C=O) groups is 4. The first-order valence-corrected chi connectivity index (χ1v) is 16.7. The number of ether oxygens (including phenoxy) is 2. The number of aryl methyl sites for hydroxylation is 1. The minimum atomic E-state index is -1.84. The maximum Gasteiger partial charge on any atom is 0.408 e. The Balaban J connectivity index is 1.09. The maximum atomic E-state index is 13.9. The van der Waals surface area contributed by atoms with Gasteiger partial charge in [-0.15, -0.1) is 0 Å². The second-order valence-electron chi connectivity index (χ2n) is 12.4. The van der Waals surface area contributed by atoms with Crippen molar-refractivity contribution in [1.82, 2.24) is 20.2 Å². The molecule has 0 fully saturated rings. The average Bonchev–Trinajstić information content (AvgIpc) is 3.47. The molecule has 4 N–H and O–H groups in total. The van der Waals surface area contributed by atoms with Gasteiger partial charge in [-0.25, -0.2) is 19.4 Å². The predicted molar refractivity (Wildman–Crippen MR) is 182 cm³/mol. The molecule has 0 saturated carbocycles. The third-order valence-corrected chi connectivity index (χ3v) is 9.42. The van der Waals surface area contributed by atoms with Gasteiger partial charge in [0.2, 0.25) is 11.5 Å². The number of benzene rings is 2. The van der Waals surface area contributed by atoms with Gasteiger partial charge in [-0.3, -0.25) is 9.59 Å². The molecule has 2 aliphatic rings.